The summed E-state index contributed by atoms with van der Waals surface area (Å²) < 4.78 is 0. The van der Waals surface area contributed by atoms with Crippen molar-refractivity contribution in [2.75, 3.05) is 13.1 Å². The molecule has 1 rings (SSSR count). The number of nitrogens with one attached hydrogen (secondary N) is 1. The first kappa shape index (κ1) is 13.7. The van der Waals surface area contributed by atoms with Gasteiger partial charge in [0.05, 0.1) is 0 Å². The van der Waals surface area contributed by atoms with Gasteiger partial charge in [-0.1, -0.05) is 19.8 Å². The maximum Gasteiger partial charge on any atom is 0.0299 e. The molecule has 0 aliphatic rings. The molecule has 1 aromatic rings. The number of nitrogens with two attached hydrogens (primary N) is 1. The van der Waals surface area contributed by atoms with Crippen LogP contribution in [0.15, 0.2) is 12.1 Å². The molecule has 0 atom stereocenters. The molecule has 0 aliphatic carbocycles. The molecule has 0 amide bonds. The van der Waals surface area contributed by atoms with Gasteiger partial charge >= 0.3 is 0 Å². The van der Waals surface area contributed by atoms with Gasteiger partial charge < -0.3 is 11.1 Å². The normalized spacial score (nSPS) is 10.9. The molecule has 1 aromatic heterocycles. The molecule has 0 unspecified atom stereocenters. The van der Waals surface area contributed by atoms with Gasteiger partial charge in [0, 0.05) is 16.3 Å². The lowest BCUT2D eigenvalue weighted by molar-refractivity contribution is 0.592. The first-order valence-electron chi connectivity index (χ1n) is 6.35. The van der Waals surface area contributed by atoms with E-state index in [0.29, 0.717) is 0 Å². The zero-order valence-electron chi connectivity index (χ0n) is 10.3. The molecule has 3 N–H and O–H groups in total. The van der Waals surface area contributed by atoms with Crippen LogP contribution in [0.25, 0.3) is 0 Å². The predicted molar refractivity (Wildman–Crippen MR) is 72.9 cm³/mol. The minimum Gasteiger partial charge on any atom is -0.330 e. The Labute approximate surface area is 103 Å². The Morgan fingerprint density at radius 3 is 2.56 bits per heavy atom. The lowest BCUT2D eigenvalue weighted by Crippen LogP contribution is -2.13. The molecular weight excluding hydrogens is 216 g/mol. The average molecular weight is 240 g/mol. The van der Waals surface area contributed by atoms with Crippen LogP contribution in [0.4, 0.5) is 0 Å². The third-order valence-electron chi connectivity index (χ3n) is 2.67. The molecule has 0 fully saturated rings. The predicted octanol–water partition coefficient (Wildman–Crippen LogP) is 2.92. The number of aryl methyl sites for hydroxylation is 1. The number of rotatable bonds is 9. The summed E-state index contributed by atoms with van der Waals surface area (Å²) >= 11 is 1.93. The minimum atomic E-state index is 0.836. The van der Waals surface area contributed by atoms with Crippen LogP contribution in [0.3, 0.4) is 0 Å². The standard InChI is InChI=1S/C13H24N2S/c1-2-12-7-8-13(16-12)11-15-10-6-4-3-5-9-14/h7-8,15H,2-6,9-11,14H2,1H3. The Morgan fingerprint density at radius 1 is 1.12 bits per heavy atom. The van der Waals surface area contributed by atoms with Crippen LogP contribution in [-0.4, -0.2) is 13.1 Å². The highest BCUT2D eigenvalue weighted by atomic mass is 32.1. The van der Waals surface area contributed by atoms with Gasteiger partial charge in [-0.2, -0.15) is 0 Å². The van der Waals surface area contributed by atoms with Gasteiger partial charge in [0.15, 0.2) is 0 Å². The van der Waals surface area contributed by atoms with Crippen LogP contribution in [0.5, 0.6) is 0 Å². The number of hydrogen-bond acceptors (Lipinski definition) is 3. The van der Waals surface area contributed by atoms with Crippen molar-refractivity contribution in [1.29, 1.82) is 0 Å². The quantitative estimate of drug-likeness (QED) is 0.651. The topological polar surface area (TPSA) is 38.0 Å². The van der Waals surface area contributed by atoms with E-state index in [2.05, 4.69) is 24.4 Å². The monoisotopic (exact) mass is 240 g/mol. The second kappa shape index (κ2) is 8.74. The van der Waals surface area contributed by atoms with E-state index in [0.717, 1.165) is 26.1 Å². The van der Waals surface area contributed by atoms with Crippen molar-refractivity contribution in [2.45, 2.75) is 45.6 Å². The van der Waals surface area contributed by atoms with E-state index in [-0.39, 0.29) is 0 Å². The van der Waals surface area contributed by atoms with Crippen molar-refractivity contribution >= 4 is 11.3 Å². The van der Waals surface area contributed by atoms with Gasteiger partial charge in [0.2, 0.25) is 0 Å². The van der Waals surface area contributed by atoms with Crippen molar-refractivity contribution in [3.63, 3.8) is 0 Å². The second-order valence-electron chi connectivity index (χ2n) is 4.10. The van der Waals surface area contributed by atoms with E-state index < -0.39 is 0 Å². The summed E-state index contributed by atoms with van der Waals surface area (Å²) in [4.78, 5) is 2.94. The molecule has 0 saturated carbocycles. The lowest BCUT2D eigenvalue weighted by Gasteiger charge is -2.02. The maximum absolute atomic E-state index is 5.45. The molecule has 16 heavy (non-hydrogen) atoms. The zero-order valence-corrected chi connectivity index (χ0v) is 11.1. The van der Waals surface area contributed by atoms with Crippen LogP contribution >= 0.6 is 11.3 Å². The van der Waals surface area contributed by atoms with Crippen LogP contribution in [0.2, 0.25) is 0 Å². The van der Waals surface area contributed by atoms with Gasteiger partial charge in [0.1, 0.15) is 0 Å². The van der Waals surface area contributed by atoms with Crippen molar-refractivity contribution < 1.29 is 0 Å². The Balaban J connectivity index is 1.98. The molecule has 0 saturated heterocycles. The van der Waals surface area contributed by atoms with Crippen LogP contribution in [0, 0.1) is 0 Å². The highest BCUT2D eigenvalue weighted by Crippen LogP contribution is 2.16. The Morgan fingerprint density at radius 2 is 1.88 bits per heavy atom. The molecule has 2 nitrogen and oxygen atoms in total. The molecule has 0 aromatic carbocycles. The number of hydrogen-bond donors (Lipinski definition) is 2. The van der Waals surface area contributed by atoms with Crippen molar-refractivity contribution in [2.24, 2.45) is 5.73 Å². The van der Waals surface area contributed by atoms with Crippen LogP contribution in [0.1, 0.15) is 42.4 Å². The summed E-state index contributed by atoms with van der Waals surface area (Å²) in [6, 6.07) is 4.48. The SMILES string of the molecule is CCc1ccc(CNCCCCCCN)s1. The summed E-state index contributed by atoms with van der Waals surface area (Å²) in [6.07, 6.45) is 6.17. The fourth-order valence-electron chi connectivity index (χ4n) is 1.67. The summed E-state index contributed by atoms with van der Waals surface area (Å²) in [5, 5.41) is 3.50. The number of thiophene rings is 1. The highest BCUT2D eigenvalue weighted by molar-refractivity contribution is 7.11. The van der Waals surface area contributed by atoms with Crippen LogP contribution < -0.4 is 11.1 Å². The zero-order chi connectivity index (χ0) is 11.6. The fraction of sp³-hybridized carbons (Fsp3) is 0.692. The molecule has 3 heteroatoms. The van der Waals surface area contributed by atoms with E-state index in [9.17, 15) is 0 Å². The summed E-state index contributed by atoms with van der Waals surface area (Å²) in [5.41, 5.74) is 5.45. The van der Waals surface area contributed by atoms with Crippen molar-refractivity contribution in [3.8, 4) is 0 Å². The fourth-order valence-corrected chi connectivity index (χ4v) is 2.59. The smallest absolute Gasteiger partial charge is 0.0299 e. The molecule has 0 bridgehead atoms. The van der Waals surface area contributed by atoms with Gasteiger partial charge in [0.25, 0.3) is 0 Å². The third-order valence-corrected chi connectivity index (χ3v) is 3.90. The molecule has 0 radical (unpaired) electrons. The Bertz CT molecular complexity index is 271. The second-order valence-corrected chi connectivity index (χ2v) is 5.35. The highest BCUT2D eigenvalue weighted by Gasteiger charge is 1.97. The first-order chi connectivity index (χ1) is 7.86. The van der Waals surface area contributed by atoms with Crippen molar-refractivity contribution in [3.05, 3.63) is 21.9 Å². The molecule has 92 valence electrons. The maximum atomic E-state index is 5.45. The van der Waals surface area contributed by atoms with E-state index >= 15 is 0 Å². The summed E-state index contributed by atoms with van der Waals surface area (Å²) in [6.45, 7) is 5.20. The van der Waals surface area contributed by atoms with E-state index in [1.165, 1.54) is 35.4 Å². The number of unbranched alkanes of at least 4 members (excludes halogenated alkanes) is 3. The van der Waals surface area contributed by atoms with E-state index in [1.807, 2.05) is 11.3 Å². The third kappa shape index (κ3) is 5.64. The molecule has 0 spiro atoms. The molecule has 0 aliphatic heterocycles. The van der Waals surface area contributed by atoms with Gasteiger partial charge in [-0.3, -0.25) is 0 Å². The summed E-state index contributed by atoms with van der Waals surface area (Å²) in [5.74, 6) is 0. The largest absolute Gasteiger partial charge is 0.330 e. The van der Waals surface area contributed by atoms with Crippen molar-refractivity contribution in [1.82, 2.24) is 5.32 Å². The minimum absolute atomic E-state index is 0.836. The van der Waals surface area contributed by atoms with Gasteiger partial charge in [-0.05, 0) is 44.5 Å². The van der Waals surface area contributed by atoms with E-state index in [1.54, 1.807) is 0 Å². The Hall–Kier alpha value is -0.380. The lowest BCUT2D eigenvalue weighted by atomic mass is 10.2. The molecular formula is C13H24N2S. The van der Waals surface area contributed by atoms with Gasteiger partial charge in [-0.15, -0.1) is 11.3 Å². The summed E-state index contributed by atoms with van der Waals surface area (Å²) in [7, 11) is 0. The first-order valence-corrected chi connectivity index (χ1v) is 7.16. The average Bonchev–Trinajstić information content (AvgIpc) is 2.76. The molecule has 1 heterocycles. The van der Waals surface area contributed by atoms with Gasteiger partial charge in [-0.25, -0.2) is 0 Å². The Kier molecular flexibility index (Phi) is 7.47. The van der Waals surface area contributed by atoms with E-state index in [4.69, 9.17) is 5.73 Å². The van der Waals surface area contributed by atoms with Crippen LogP contribution in [-0.2, 0) is 13.0 Å².